The van der Waals surface area contributed by atoms with Crippen LogP contribution in [-0.4, -0.2) is 33.6 Å². The predicted octanol–water partition coefficient (Wildman–Crippen LogP) is 2.41. The first-order valence-electron chi connectivity index (χ1n) is 5.88. The molecule has 1 saturated heterocycles. The number of thioether (sulfide) groups is 1. The maximum atomic E-state index is 12.7. The van der Waals surface area contributed by atoms with Crippen LogP contribution in [0.3, 0.4) is 0 Å². The first kappa shape index (κ1) is 14.2. The lowest BCUT2D eigenvalue weighted by Gasteiger charge is -2.35. The summed E-state index contributed by atoms with van der Waals surface area (Å²) in [7, 11) is 0. The number of nitrogens with two attached hydrogens (primary N) is 1. The average molecular weight is 292 g/mol. The van der Waals surface area contributed by atoms with E-state index < -0.39 is 11.9 Å². The lowest BCUT2D eigenvalue weighted by Crippen LogP contribution is -2.41. The van der Waals surface area contributed by atoms with Gasteiger partial charge in [-0.2, -0.15) is 29.9 Å². The third kappa shape index (κ3) is 3.43. The maximum Gasteiger partial charge on any atom is 0.433 e. The summed E-state index contributed by atoms with van der Waals surface area (Å²) in [5, 5.41) is 0.684. The van der Waals surface area contributed by atoms with Gasteiger partial charge in [0.05, 0.1) is 0 Å². The van der Waals surface area contributed by atoms with Crippen molar-refractivity contribution >= 4 is 23.5 Å². The lowest BCUT2D eigenvalue weighted by atomic mass is 10.3. The third-order valence-corrected chi connectivity index (χ3v) is 3.99. The quantitative estimate of drug-likeness (QED) is 0.861. The van der Waals surface area contributed by atoms with Crippen LogP contribution in [0.25, 0.3) is 0 Å². The Hall–Kier alpha value is -1.18. The highest BCUT2D eigenvalue weighted by Gasteiger charge is 2.34. The maximum absolute atomic E-state index is 12.7. The minimum atomic E-state index is -4.51. The molecule has 2 atom stereocenters. The number of nitrogens with zero attached hydrogens (tertiary/aromatic N) is 3. The number of aromatic nitrogens is 2. The van der Waals surface area contributed by atoms with E-state index in [0.717, 1.165) is 6.07 Å². The molecule has 106 valence electrons. The van der Waals surface area contributed by atoms with E-state index in [4.69, 9.17) is 5.73 Å². The Labute approximate surface area is 113 Å². The van der Waals surface area contributed by atoms with Crippen LogP contribution in [-0.2, 0) is 6.18 Å². The molecule has 0 spiro atoms. The van der Waals surface area contributed by atoms with Gasteiger partial charge in [0.25, 0.3) is 0 Å². The monoisotopic (exact) mass is 292 g/mol. The van der Waals surface area contributed by atoms with Crippen LogP contribution in [0.15, 0.2) is 6.07 Å². The van der Waals surface area contributed by atoms with Crippen LogP contribution >= 0.6 is 11.8 Å². The molecule has 2 heterocycles. The van der Waals surface area contributed by atoms with E-state index in [-0.39, 0.29) is 11.8 Å². The first-order chi connectivity index (χ1) is 8.75. The van der Waals surface area contributed by atoms with Crippen molar-refractivity contribution in [3.63, 3.8) is 0 Å². The summed E-state index contributed by atoms with van der Waals surface area (Å²) in [6.45, 7) is 5.40. The molecule has 0 bridgehead atoms. The summed E-state index contributed by atoms with van der Waals surface area (Å²) < 4.78 is 38.1. The molecule has 1 aromatic rings. The zero-order chi connectivity index (χ0) is 14.2. The molecule has 19 heavy (non-hydrogen) atoms. The minimum absolute atomic E-state index is 0.249. The zero-order valence-corrected chi connectivity index (χ0v) is 11.4. The minimum Gasteiger partial charge on any atom is -0.368 e. The van der Waals surface area contributed by atoms with E-state index in [1.165, 1.54) is 0 Å². The highest BCUT2D eigenvalue weighted by molar-refractivity contribution is 8.00. The van der Waals surface area contributed by atoms with Crippen LogP contribution in [0.5, 0.6) is 0 Å². The molecule has 0 aliphatic carbocycles. The zero-order valence-electron chi connectivity index (χ0n) is 10.6. The second-order valence-electron chi connectivity index (χ2n) is 4.63. The van der Waals surface area contributed by atoms with Crippen LogP contribution in [0, 0.1) is 0 Å². The van der Waals surface area contributed by atoms with Crippen molar-refractivity contribution in [3.8, 4) is 0 Å². The SMILES string of the molecule is CC1CN(c2cc(C(F)(F)F)nc(N)n2)CC(C)S1. The fourth-order valence-electron chi connectivity index (χ4n) is 2.12. The van der Waals surface area contributed by atoms with E-state index in [2.05, 4.69) is 9.97 Å². The van der Waals surface area contributed by atoms with Crippen LogP contribution in [0.1, 0.15) is 19.5 Å². The summed E-state index contributed by atoms with van der Waals surface area (Å²) in [5.41, 5.74) is 4.39. The molecule has 4 nitrogen and oxygen atoms in total. The topological polar surface area (TPSA) is 55.0 Å². The molecule has 8 heteroatoms. The molecular formula is C11H15F3N4S. The Morgan fingerprint density at radius 2 is 1.84 bits per heavy atom. The Balaban J connectivity index is 2.31. The molecule has 1 aliphatic rings. The number of hydrogen-bond donors (Lipinski definition) is 1. The smallest absolute Gasteiger partial charge is 0.368 e. The van der Waals surface area contributed by atoms with E-state index >= 15 is 0 Å². The number of anilines is 2. The molecule has 0 saturated carbocycles. The standard InChI is InChI=1S/C11H15F3N4S/c1-6-4-18(5-7(2)19-6)9-3-8(11(12,13)14)16-10(15)17-9/h3,6-7H,4-5H2,1-2H3,(H2,15,16,17). The van der Waals surface area contributed by atoms with Crippen molar-refractivity contribution in [2.45, 2.75) is 30.5 Å². The van der Waals surface area contributed by atoms with Gasteiger partial charge < -0.3 is 10.6 Å². The Morgan fingerprint density at radius 1 is 1.26 bits per heavy atom. The summed E-state index contributed by atoms with van der Waals surface area (Å²) in [4.78, 5) is 9.00. The largest absolute Gasteiger partial charge is 0.433 e. The number of nitrogen functional groups attached to an aromatic ring is 1. The number of hydrogen-bond acceptors (Lipinski definition) is 5. The summed E-state index contributed by atoms with van der Waals surface area (Å²) >= 11 is 1.82. The van der Waals surface area contributed by atoms with Gasteiger partial charge in [0.1, 0.15) is 5.82 Å². The summed E-state index contributed by atoms with van der Waals surface area (Å²) in [6, 6.07) is 0.964. The van der Waals surface area contributed by atoms with Crippen molar-refractivity contribution in [2.24, 2.45) is 0 Å². The Bertz CT molecular complexity index is 456. The van der Waals surface area contributed by atoms with Crippen molar-refractivity contribution in [2.75, 3.05) is 23.7 Å². The number of rotatable bonds is 1. The van der Waals surface area contributed by atoms with E-state index in [1.807, 2.05) is 30.5 Å². The predicted molar refractivity (Wildman–Crippen MR) is 70.2 cm³/mol. The van der Waals surface area contributed by atoms with Crippen LogP contribution in [0.4, 0.5) is 24.9 Å². The van der Waals surface area contributed by atoms with Gasteiger partial charge in [-0.1, -0.05) is 13.8 Å². The molecule has 1 fully saturated rings. The van der Waals surface area contributed by atoms with E-state index in [9.17, 15) is 13.2 Å². The van der Waals surface area contributed by atoms with Crippen LogP contribution < -0.4 is 10.6 Å². The van der Waals surface area contributed by atoms with Crippen LogP contribution in [0.2, 0.25) is 0 Å². The van der Waals surface area contributed by atoms with Crippen molar-refractivity contribution < 1.29 is 13.2 Å². The normalized spacial score (nSPS) is 24.6. The molecule has 1 aromatic heterocycles. The van der Waals surface area contributed by atoms with Gasteiger partial charge in [-0.3, -0.25) is 0 Å². The van der Waals surface area contributed by atoms with Gasteiger partial charge in [0.2, 0.25) is 5.95 Å². The molecule has 2 unspecified atom stereocenters. The van der Waals surface area contributed by atoms with Crippen molar-refractivity contribution in [1.82, 2.24) is 9.97 Å². The molecular weight excluding hydrogens is 277 g/mol. The fourth-order valence-corrected chi connectivity index (χ4v) is 3.45. The van der Waals surface area contributed by atoms with E-state index in [1.54, 1.807) is 0 Å². The Morgan fingerprint density at radius 3 is 2.37 bits per heavy atom. The molecule has 0 aromatic carbocycles. The average Bonchev–Trinajstić information content (AvgIpc) is 2.25. The third-order valence-electron chi connectivity index (χ3n) is 2.76. The van der Waals surface area contributed by atoms with Gasteiger partial charge in [0.15, 0.2) is 5.69 Å². The van der Waals surface area contributed by atoms with Gasteiger partial charge in [-0.05, 0) is 0 Å². The first-order valence-corrected chi connectivity index (χ1v) is 6.82. The van der Waals surface area contributed by atoms with Crippen molar-refractivity contribution in [3.05, 3.63) is 11.8 Å². The molecule has 2 rings (SSSR count). The molecule has 2 N–H and O–H groups in total. The highest BCUT2D eigenvalue weighted by atomic mass is 32.2. The van der Waals surface area contributed by atoms with Gasteiger partial charge in [-0.15, -0.1) is 0 Å². The second kappa shape index (κ2) is 5.07. The highest BCUT2D eigenvalue weighted by Crippen LogP contribution is 2.32. The second-order valence-corrected chi connectivity index (χ2v) is 6.51. The molecule has 0 amide bonds. The fraction of sp³-hybridized carbons (Fsp3) is 0.636. The lowest BCUT2D eigenvalue weighted by molar-refractivity contribution is -0.141. The van der Waals surface area contributed by atoms with Crippen molar-refractivity contribution in [1.29, 1.82) is 0 Å². The Kier molecular flexibility index (Phi) is 3.80. The molecule has 0 radical (unpaired) electrons. The van der Waals surface area contributed by atoms with Gasteiger partial charge in [0, 0.05) is 29.7 Å². The number of halogens is 3. The van der Waals surface area contributed by atoms with Gasteiger partial charge in [-0.25, -0.2) is 4.98 Å². The summed E-state index contributed by atoms with van der Waals surface area (Å²) in [5.74, 6) is -0.0952. The van der Waals surface area contributed by atoms with E-state index in [0.29, 0.717) is 23.6 Å². The molecule has 1 aliphatic heterocycles. The number of alkyl halides is 3. The van der Waals surface area contributed by atoms with Gasteiger partial charge >= 0.3 is 6.18 Å². The summed E-state index contributed by atoms with van der Waals surface area (Å²) in [6.07, 6.45) is -4.51.